The highest BCUT2D eigenvalue weighted by Gasteiger charge is 2.34. The van der Waals surface area contributed by atoms with Crippen molar-refractivity contribution in [3.63, 3.8) is 0 Å². The number of fused-ring (bicyclic) bond motifs is 1. The first-order valence-electron chi connectivity index (χ1n) is 8.23. The Kier molecular flexibility index (Phi) is 3.44. The molecule has 21 heavy (non-hydrogen) atoms. The van der Waals surface area contributed by atoms with Crippen molar-refractivity contribution in [1.29, 1.82) is 0 Å². The van der Waals surface area contributed by atoms with E-state index < -0.39 is 0 Å². The first-order valence-corrected chi connectivity index (χ1v) is 8.23. The first kappa shape index (κ1) is 13.3. The second-order valence-electron chi connectivity index (χ2n) is 6.76. The van der Waals surface area contributed by atoms with Crippen LogP contribution in [-0.2, 0) is 0 Å². The molecule has 1 heterocycles. The molecule has 0 amide bonds. The van der Waals surface area contributed by atoms with Crippen molar-refractivity contribution in [2.45, 2.75) is 31.3 Å². The van der Waals surface area contributed by atoms with Crippen LogP contribution in [0.5, 0.6) is 0 Å². The molecule has 1 saturated heterocycles. The van der Waals surface area contributed by atoms with E-state index in [-0.39, 0.29) is 0 Å². The van der Waals surface area contributed by atoms with E-state index in [9.17, 15) is 0 Å². The highest BCUT2D eigenvalue weighted by molar-refractivity contribution is 5.83. The molecule has 1 N–H and O–H groups in total. The number of benzene rings is 2. The fraction of sp³-hybridized carbons (Fsp3) is 0.474. The summed E-state index contributed by atoms with van der Waals surface area (Å²) in [5, 5.41) is 6.44. The minimum Gasteiger partial charge on any atom is -0.314 e. The van der Waals surface area contributed by atoms with Gasteiger partial charge in [0.25, 0.3) is 0 Å². The Morgan fingerprint density at radius 3 is 2.67 bits per heavy atom. The Balaban J connectivity index is 1.60. The second kappa shape index (κ2) is 5.43. The molecule has 4 rings (SSSR count). The molecule has 2 aromatic carbocycles. The van der Waals surface area contributed by atoms with E-state index in [1.807, 2.05) is 0 Å². The maximum atomic E-state index is 3.73. The highest BCUT2D eigenvalue weighted by Crippen LogP contribution is 2.37. The molecule has 1 saturated carbocycles. The van der Waals surface area contributed by atoms with E-state index in [1.165, 1.54) is 48.7 Å². The van der Waals surface area contributed by atoms with Crippen molar-refractivity contribution in [3.8, 4) is 0 Å². The van der Waals surface area contributed by atoms with Crippen molar-refractivity contribution in [2.75, 3.05) is 20.1 Å². The average molecular weight is 280 g/mol. The van der Waals surface area contributed by atoms with Gasteiger partial charge in [-0.15, -0.1) is 0 Å². The smallest absolute Gasteiger partial charge is 0.0386 e. The predicted molar refractivity (Wildman–Crippen MR) is 88.5 cm³/mol. The van der Waals surface area contributed by atoms with Crippen LogP contribution in [0.1, 0.15) is 30.9 Å². The number of hydrogen-bond donors (Lipinski definition) is 1. The SMILES string of the molecule is CN1CCC(CNC2CC2)C1c1ccc2ccccc2c1. The molecule has 2 fully saturated rings. The molecule has 0 aromatic heterocycles. The van der Waals surface area contributed by atoms with Gasteiger partial charge in [-0.25, -0.2) is 0 Å². The Labute approximate surface area is 127 Å². The van der Waals surface area contributed by atoms with Crippen LogP contribution >= 0.6 is 0 Å². The van der Waals surface area contributed by atoms with Gasteiger partial charge in [0.05, 0.1) is 0 Å². The van der Waals surface area contributed by atoms with Crippen LogP contribution in [0.15, 0.2) is 42.5 Å². The number of nitrogens with one attached hydrogen (secondary N) is 1. The lowest BCUT2D eigenvalue weighted by Crippen LogP contribution is -2.29. The standard InChI is InChI=1S/C19H24N2/c1-21-11-10-17(13-20-18-8-9-18)19(21)16-7-6-14-4-2-3-5-15(14)12-16/h2-7,12,17-20H,8-11,13H2,1H3. The molecule has 2 unspecified atom stereocenters. The molecule has 2 aliphatic rings. The summed E-state index contributed by atoms with van der Waals surface area (Å²) in [4.78, 5) is 2.53. The van der Waals surface area contributed by atoms with Gasteiger partial charge in [-0.1, -0.05) is 36.4 Å². The van der Waals surface area contributed by atoms with Crippen LogP contribution in [0.2, 0.25) is 0 Å². The summed E-state index contributed by atoms with van der Waals surface area (Å²) in [6.45, 7) is 2.39. The van der Waals surface area contributed by atoms with Gasteiger partial charge in [0, 0.05) is 18.6 Å². The fourth-order valence-corrected chi connectivity index (χ4v) is 3.76. The van der Waals surface area contributed by atoms with E-state index in [1.54, 1.807) is 0 Å². The molecular formula is C19H24N2. The highest BCUT2D eigenvalue weighted by atomic mass is 15.2. The Bertz CT molecular complexity index is 632. The Hall–Kier alpha value is -1.38. The molecule has 0 spiro atoms. The monoisotopic (exact) mass is 280 g/mol. The number of rotatable bonds is 4. The summed E-state index contributed by atoms with van der Waals surface area (Å²) in [5.74, 6) is 0.747. The summed E-state index contributed by atoms with van der Waals surface area (Å²) in [5.41, 5.74) is 1.48. The molecule has 2 heteroatoms. The molecule has 1 aliphatic carbocycles. The normalized spacial score (nSPS) is 26.5. The van der Waals surface area contributed by atoms with E-state index in [2.05, 4.69) is 59.7 Å². The van der Waals surface area contributed by atoms with E-state index in [0.29, 0.717) is 6.04 Å². The van der Waals surface area contributed by atoms with Crippen LogP contribution in [0.25, 0.3) is 10.8 Å². The number of nitrogens with zero attached hydrogens (tertiary/aromatic N) is 1. The number of likely N-dealkylation sites (tertiary alicyclic amines) is 1. The summed E-state index contributed by atoms with van der Waals surface area (Å²) < 4.78 is 0. The average Bonchev–Trinajstić information content (AvgIpc) is 3.27. The molecule has 2 aromatic rings. The summed E-state index contributed by atoms with van der Waals surface area (Å²) in [6, 6.07) is 17.1. The maximum absolute atomic E-state index is 3.73. The Morgan fingerprint density at radius 2 is 1.86 bits per heavy atom. The zero-order valence-electron chi connectivity index (χ0n) is 12.8. The third kappa shape index (κ3) is 2.70. The summed E-state index contributed by atoms with van der Waals surface area (Å²) in [6.07, 6.45) is 4.07. The van der Waals surface area contributed by atoms with Crippen LogP contribution in [0, 0.1) is 5.92 Å². The lowest BCUT2D eigenvalue weighted by atomic mass is 9.92. The molecule has 1 aliphatic heterocycles. The van der Waals surface area contributed by atoms with Crippen molar-refractivity contribution < 1.29 is 0 Å². The number of hydrogen-bond acceptors (Lipinski definition) is 2. The third-order valence-corrected chi connectivity index (χ3v) is 5.14. The molecule has 0 bridgehead atoms. The van der Waals surface area contributed by atoms with Crippen molar-refractivity contribution in [2.24, 2.45) is 5.92 Å². The summed E-state index contributed by atoms with van der Waals surface area (Å²) >= 11 is 0. The zero-order valence-corrected chi connectivity index (χ0v) is 12.8. The van der Waals surface area contributed by atoms with Gasteiger partial charge in [-0.2, -0.15) is 0 Å². The lowest BCUT2D eigenvalue weighted by Gasteiger charge is -2.26. The van der Waals surface area contributed by atoms with Crippen molar-refractivity contribution in [3.05, 3.63) is 48.0 Å². The third-order valence-electron chi connectivity index (χ3n) is 5.14. The van der Waals surface area contributed by atoms with Crippen LogP contribution in [-0.4, -0.2) is 31.1 Å². The predicted octanol–water partition coefficient (Wildman–Crippen LogP) is 3.58. The molecule has 110 valence electrons. The Morgan fingerprint density at radius 1 is 1.05 bits per heavy atom. The molecular weight excluding hydrogens is 256 g/mol. The van der Waals surface area contributed by atoms with Gasteiger partial charge >= 0.3 is 0 Å². The lowest BCUT2D eigenvalue weighted by molar-refractivity contribution is 0.272. The van der Waals surface area contributed by atoms with Crippen molar-refractivity contribution >= 4 is 10.8 Å². The van der Waals surface area contributed by atoms with Gasteiger partial charge in [0.15, 0.2) is 0 Å². The summed E-state index contributed by atoms with van der Waals surface area (Å²) in [7, 11) is 2.27. The maximum Gasteiger partial charge on any atom is 0.0386 e. The van der Waals surface area contributed by atoms with Gasteiger partial charge < -0.3 is 5.32 Å². The minimum atomic E-state index is 0.570. The van der Waals surface area contributed by atoms with E-state index in [4.69, 9.17) is 0 Å². The van der Waals surface area contributed by atoms with Gasteiger partial charge in [-0.3, -0.25) is 4.90 Å². The van der Waals surface area contributed by atoms with Crippen LogP contribution in [0.4, 0.5) is 0 Å². The fourth-order valence-electron chi connectivity index (χ4n) is 3.76. The molecule has 2 atom stereocenters. The van der Waals surface area contributed by atoms with Crippen molar-refractivity contribution in [1.82, 2.24) is 10.2 Å². The first-order chi connectivity index (χ1) is 10.3. The van der Waals surface area contributed by atoms with Gasteiger partial charge in [-0.05, 0) is 61.2 Å². The van der Waals surface area contributed by atoms with Gasteiger partial charge in [0.2, 0.25) is 0 Å². The van der Waals surface area contributed by atoms with E-state index in [0.717, 1.165) is 12.0 Å². The van der Waals surface area contributed by atoms with Crippen LogP contribution in [0.3, 0.4) is 0 Å². The topological polar surface area (TPSA) is 15.3 Å². The second-order valence-corrected chi connectivity index (χ2v) is 6.76. The quantitative estimate of drug-likeness (QED) is 0.921. The zero-order chi connectivity index (χ0) is 14.2. The molecule has 2 nitrogen and oxygen atoms in total. The van der Waals surface area contributed by atoms with E-state index >= 15 is 0 Å². The largest absolute Gasteiger partial charge is 0.314 e. The molecule has 0 radical (unpaired) electrons. The van der Waals surface area contributed by atoms with Gasteiger partial charge in [0.1, 0.15) is 0 Å². The van der Waals surface area contributed by atoms with Crippen LogP contribution < -0.4 is 5.32 Å². The minimum absolute atomic E-state index is 0.570.